The van der Waals surface area contributed by atoms with Crippen molar-refractivity contribution in [3.63, 3.8) is 0 Å². The molecule has 0 aromatic heterocycles. The Morgan fingerprint density at radius 2 is 1.80 bits per heavy atom. The molecule has 1 aromatic carbocycles. The van der Waals surface area contributed by atoms with Crippen molar-refractivity contribution in [2.24, 2.45) is 11.8 Å². The Kier molecular flexibility index (Phi) is 9.05. The van der Waals surface area contributed by atoms with Crippen LogP contribution in [0, 0.1) is 11.8 Å². The van der Waals surface area contributed by atoms with Crippen molar-refractivity contribution in [1.29, 1.82) is 0 Å². The zero-order chi connectivity index (χ0) is 28.2. The number of carbonyl (C=O) groups excluding carboxylic acids is 4. The molecular formula is C30H43N5O5. The maximum absolute atomic E-state index is 13.9. The van der Waals surface area contributed by atoms with Crippen LogP contribution in [-0.4, -0.2) is 102 Å². The van der Waals surface area contributed by atoms with Crippen LogP contribution in [0.2, 0.25) is 0 Å². The minimum absolute atomic E-state index is 0.00278. The van der Waals surface area contributed by atoms with E-state index in [1.807, 2.05) is 34.1 Å². The van der Waals surface area contributed by atoms with E-state index in [1.165, 1.54) is 0 Å². The molecule has 0 spiro atoms. The second-order valence-corrected chi connectivity index (χ2v) is 12.0. The summed E-state index contributed by atoms with van der Waals surface area (Å²) in [6.07, 6.45) is 2.08. The molecule has 1 aromatic rings. The molecule has 0 radical (unpaired) electrons. The van der Waals surface area contributed by atoms with Crippen LogP contribution in [0.15, 0.2) is 24.3 Å². The summed E-state index contributed by atoms with van der Waals surface area (Å²) in [5.74, 6) is -0.269. The Morgan fingerprint density at radius 3 is 2.55 bits per heavy atom. The summed E-state index contributed by atoms with van der Waals surface area (Å²) in [5.41, 5.74) is 1.82. The van der Waals surface area contributed by atoms with E-state index in [4.69, 9.17) is 4.74 Å². The molecule has 10 heteroatoms. The first kappa shape index (κ1) is 28.5. The number of carbonyl (C=O) groups is 4. The van der Waals surface area contributed by atoms with E-state index < -0.39 is 6.04 Å². The van der Waals surface area contributed by atoms with Crippen LogP contribution in [0.1, 0.15) is 50.7 Å². The number of ether oxygens (including phenoxy) is 1. The molecule has 5 rings (SSSR count). The molecule has 4 aliphatic rings. The highest BCUT2D eigenvalue weighted by Crippen LogP contribution is 2.32. The molecule has 4 amide bonds. The van der Waals surface area contributed by atoms with Gasteiger partial charge in [0.25, 0.3) is 0 Å². The first-order valence-corrected chi connectivity index (χ1v) is 14.8. The molecule has 0 unspecified atom stereocenters. The van der Waals surface area contributed by atoms with Crippen LogP contribution in [-0.2, 0) is 36.9 Å². The van der Waals surface area contributed by atoms with Crippen molar-refractivity contribution < 1.29 is 23.9 Å². The Balaban J connectivity index is 1.41. The van der Waals surface area contributed by atoms with E-state index in [2.05, 4.69) is 24.5 Å². The predicted octanol–water partition coefficient (Wildman–Crippen LogP) is 0.930. The molecule has 40 heavy (non-hydrogen) atoms. The lowest BCUT2D eigenvalue weighted by molar-refractivity contribution is -0.143. The molecule has 2 N–H and O–H groups in total. The highest BCUT2D eigenvalue weighted by molar-refractivity contribution is 5.89. The quantitative estimate of drug-likeness (QED) is 0.574. The largest absolute Gasteiger partial charge is 0.378 e. The van der Waals surface area contributed by atoms with Gasteiger partial charge in [-0.05, 0) is 35.8 Å². The Labute approximate surface area is 236 Å². The van der Waals surface area contributed by atoms with Crippen molar-refractivity contribution in [3.05, 3.63) is 35.4 Å². The van der Waals surface area contributed by atoms with Crippen LogP contribution < -0.4 is 10.6 Å². The topological polar surface area (TPSA) is 111 Å². The number of rotatable bonds is 4. The molecule has 0 saturated carbocycles. The van der Waals surface area contributed by atoms with Crippen LogP contribution in [0.5, 0.6) is 0 Å². The molecule has 4 aliphatic heterocycles. The Hall–Kier alpha value is -2.98. The summed E-state index contributed by atoms with van der Waals surface area (Å²) in [6, 6.07) is 7.45. The van der Waals surface area contributed by atoms with Gasteiger partial charge in [0, 0.05) is 64.2 Å². The molecule has 3 saturated heterocycles. The molecule has 0 aliphatic carbocycles. The summed E-state index contributed by atoms with van der Waals surface area (Å²) in [4.78, 5) is 59.4. The van der Waals surface area contributed by atoms with Gasteiger partial charge in [-0.1, -0.05) is 38.1 Å². The number of nitrogens with zero attached hydrogens (tertiary/aromatic N) is 3. The highest BCUT2D eigenvalue weighted by atomic mass is 16.5. The summed E-state index contributed by atoms with van der Waals surface area (Å²) in [6.45, 7) is 8.23. The van der Waals surface area contributed by atoms with Gasteiger partial charge in [-0.2, -0.15) is 0 Å². The summed E-state index contributed by atoms with van der Waals surface area (Å²) < 4.78 is 5.41. The van der Waals surface area contributed by atoms with Gasteiger partial charge < -0.3 is 30.1 Å². The molecule has 2 bridgehead atoms. The third-order valence-corrected chi connectivity index (χ3v) is 8.89. The van der Waals surface area contributed by atoms with Crippen molar-refractivity contribution in [3.8, 4) is 0 Å². The Bertz CT molecular complexity index is 1100. The number of hydrogen-bond acceptors (Lipinski definition) is 6. The van der Waals surface area contributed by atoms with E-state index in [9.17, 15) is 19.2 Å². The fraction of sp³-hybridized carbons (Fsp3) is 0.667. The molecule has 10 nitrogen and oxygen atoms in total. The first-order chi connectivity index (χ1) is 19.3. The van der Waals surface area contributed by atoms with Crippen LogP contribution in [0.4, 0.5) is 0 Å². The van der Waals surface area contributed by atoms with Gasteiger partial charge in [0.2, 0.25) is 23.6 Å². The van der Waals surface area contributed by atoms with E-state index in [-0.39, 0.29) is 60.4 Å². The minimum atomic E-state index is -0.548. The smallest absolute Gasteiger partial charge is 0.243 e. The SMILES string of the molecule is CC(C)N[C@H]1C[C@H]2C(=O)NCc3ccccc3CC(=O)N3CC[C@@H](CC(=O)N4CCOCC4)[C@@H](CC(=O)N2C1)C3. The standard InChI is InChI=1S/C30H43N5O5/c1-20(2)32-25-16-26-30(39)31-17-23-6-4-3-5-21(23)13-28(37)34-8-7-22(14-27(36)33-9-11-40-12-10-33)24(18-34)15-29(38)35(26)19-25/h3-6,20,22,24-26,32H,7-19H2,1-2H3,(H,31,39)/t22-,24-,25-,26-/m0/s1. The second kappa shape index (κ2) is 12.7. The molecule has 4 heterocycles. The zero-order valence-corrected chi connectivity index (χ0v) is 23.8. The number of amides is 4. The van der Waals surface area contributed by atoms with Crippen molar-refractivity contribution in [2.75, 3.05) is 45.9 Å². The van der Waals surface area contributed by atoms with Crippen LogP contribution >= 0.6 is 0 Å². The van der Waals surface area contributed by atoms with Gasteiger partial charge in [0.15, 0.2) is 0 Å². The zero-order valence-electron chi connectivity index (χ0n) is 23.8. The van der Waals surface area contributed by atoms with Gasteiger partial charge in [-0.25, -0.2) is 0 Å². The average molecular weight is 554 g/mol. The number of morpholine rings is 1. The lowest BCUT2D eigenvalue weighted by Gasteiger charge is -2.40. The highest BCUT2D eigenvalue weighted by Gasteiger charge is 2.42. The minimum Gasteiger partial charge on any atom is -0.378 e. The maximum atomic E-state index is 13.9. The number of nitrogens with one attached hydrogen (secondary N) is 2. The van der Waals surface area contributed by atoms with Gasteiger partial charge >= 0.3 is 0 Å². The fourth-order valence-electron chi connectivity index (χ4n) is 6.74. The second-order valence-electron chi connectivity index (χ2n) is 12.0. The van der Waals surface area contributed by atoms with E-state index in [0.29, 0.717) is 71.7 Å². The lowest BCUT2D eigenvalue weighted by Crippen LogP contribution is -2.50. The third-order valence-electron chi connectivity index (χ3n) is 8.89. The monoisotopic (exact) mass is 553 g/mol. The third kappa shape index (κ3) is 6.66. The van der Waals surface area contributed by atoms with Gasteiger partial charge in [0.1, 0.15) is 6.04 Å². The molecule has 3 fully saturated rings. The first-order valence-electron chi connectivity index (χ1n) is 14.8. The number of piperidine rings is 1. The van der Waals surface area contributed by atoms with E-state index in [1.54, 1.807) is 4.90 Å². The Morgan fingerprint density at radius 1 is 1.05 bits per heavy atom. The van der Waals surface area contributed by atoms with E-state index in [0.717, 1.165) is 11.1 Å². The van der Waals surface area contributed by atoms with Crippen molar-refractivity contribution in [1.82, 2.24) is 25.3 Å². The predicted molar refractivity (Wildman–Crippen MR) is 149 cm³/mol. The molecule has 4 atom stereocenters. The summed E-state index contributed by atoms with van der Waals surface area (Å²) in [5, 5.41) is 6.55. The van der Waals surface area contributed by atoms with Crippen molar-refractivity contribution in [2.45, 2.75) is 70.6 Å². The van der Waals surface area contributed by atoms with Gasteiger partial charge in [-0.15, -0.1) is 0 Å². The maximum Gasteiger partial charge on any atom is 0.243 e. The number of fused-ring (bicyclic) bond motifs is 4. The van der Waals surface area contributed by atoms with Crippen molar-refractivity contribution >= 4 is 23.6 Å². The number of benzene rings is 1. The van der Waals surface area contributed by atoms with E-state index >= 15 is 0 Å². The van der Waals surface area contributed by atoms with Crippen LogP contribution in [0.3, 0.4) is 0 Å². The fourth-order valence-corrected chi connectivity index (χ4v) is 6.74. The van der Waals surface area contributed by atoms with Gasteiger partial charge in [0.05, 0.1) is 19.6 Å². The normalized spacial score (nSPS) is 28.2. The lowest BCUT2D eigenvalue weighted by atomic mass is 9.80. The van der Waals surface area contributed by atoms with Crippen LogP contribution in [0.25, 0.3) is 0 Å². The molecule has 218 valence electrons. The van der Waals surface area contributed by atoms with Gasteiger partial charge in [-0.3, -0.25) is 19.2 Å². The molecular weight excluding hydrogens is 510 g/mol. The summed E-state index contributed by atoms with van der Waals surface area (Å²) >= 11 is 0. The number of hydrogen-bond donors (Lipinski definition) is 2. The average Bonchev–Trinajstić information content (AvgIpc) is 3.36. The summed E-state index contributed by atoms with van der Waals surface area (Å²) in [7, 11) is 0.